The van der Waals surface area contributed by atoms with Crippen molar-refractivity contribution in [2.24, 2.45) is 0 Å². The molecule has 0 spiro atoms. The van der Waals surface area contributed by atoms with Crippen molar-refractivity contribution in [1.29, 1.82) is 0 Å². The first-order chi connectivity index (χ1) is 7.29. The number of ether oxygens (including phenoxy) is 1. The van der Waals surface area contributed by atoms with Crippen molar-refractivity contribution in [3.05, 3.63) is 0 Å². The van der Waals surface area contributed by atoms with Gasteiger partial charge in [-0.25, -0.2) is 4.79 Å². The maximum absolute atomic E-state index is 11.8. The second-order valence-corrected chi connectivity index (χ2v) is 5.07. The molecule has 1 rings (SSSR count). The minimum atomic E-state index is -0.875. The number of rotatable bonds is 2. The molecule has 0 aliphatic carbocycles. The summed E-state index contributed by atoms with van der Waals surface area (Å²) in [6.07, 6.45) is 1.18. The third-order valence-corrected chi connectivity index (χ3v) is 2.42. The molecule has 0 aromatic rings. The third kappa shape index (κ3) is 3.72. The summed E-state index contributed by atoms with van der Waals surface area (Å²) in [4.78, 5) is 23.9. The third-order valence-electron chi connectivity index (χ3n) is 2.42. The predicted molar refractivity (Wildman–Crippen MR) is 58.2 cm³/mol. The molecule has 1 fully saturated rings. The fraction of sp³-hybridized carbons (Fsp3) is 0.818. The van der Waals surface area contributed by atoms with Crippen molar-refractivity contribution in [2.45, 2.75) is 51.7 Å². The number of nitrogens with zero attached hydrogens (tertiary/aromatic N) is 1. The van der Waals surface area contributed by atoms with E-state index in [0.717, 1.165) is 12.8 Å². The standard InChI is InChI=1S/C11H19NO4/c1-11(2,3)16-10(15)12-6-4-5-8(12)7-9(13)14/h8H,4-7H2,1-3H3,(H,13,14)/t8-/m1/s1. The molecule has 0 saturated carbocycles. The van der Waals surface area contributed by atoms with Crippen molar-refractivity contribution < 1.29 is 19.4 Å². The quantitative estimate of drug-likeness (QED) is 0.784. The lowest BCUT2D eigenvalue weighted by Crippen LogP contribution is -2.40. The van der Waals surface area contributed by atoms with Crippen LogP contribution in [0.5, 0.6) is 0 Å². The van der Waals surface area contributed by atoms with Gasteiger partial charge in [-0.15, -0.1) is 0 Å². The molecule has 16 heavy (non-hydrogen) atoms. The molecular formula is C11H19NO4. The van der Waals surface area contributed by atoms with E-state index in [2.05, 4.69) is 0 Å². The summed E-state index contributed by atoms with van der Waals surface area (Å²) < 4.78 is 5.23. The summed E-state index contributed by atoms with van der Waals surface area (Å²) in [5.74, 6) is -0.875. The van der Waals surface area contributed by atoms with Gasteiger partial charge in [-0.2, -0.15) is 0 Å². The van der Waals surface area contributed by atoms with Crippen LogP contribution in [0, 0.1) is 0 Å². The van der Waals surface area contributed by atoms with Crippen LogP contribution in [0.3, 0.4) is 0 Å². The number of carboxylic acids is 1. The van der Waals surface area contributed by atoms with Gasteiger partial charge in [0.15, 0.2) is 0 Å². The molecule has 1 aliphatic rings. The largest absolute Gasteiger partial charge is 0.481 e. The Labute approximate surface area is 95.4 Å². The smallest absolute Gasteiger partial charge is 0.410 e. The number of carbonyl (C=O) groups is 2. The van der Waals surface area contributed by atoms with Crippen LogP contribution in [0.15, 0.2) is 0 Å². The fourth-order valence-corrected chi connectivity index (χ4v) is 1.81. The molecular weight excluding hydrogens is 210 g/mol. The molecule has 1 N–H and O–H groups in total. The van der Waals surface area contributed by atoms with Crippen LogP contribution in [0.1, 0.15) is 40.0 Å². The van der Waals surface area contributed by atoms with Gasteiger partial charge in [0.25, 0.3) is 0 Å². The van der Waals surface area contributed by atoms with Crippen LogP contribution < -0.4 is 0 Å². The molecule has 5 nitrogen and oxygen atoms in total. The summed E-state index contributed by atoms with van der Waals surface area (Å²) in [6.45, 7) is 5.99. The number of amides is 1. The molecule has 1 atom stereocenters. The van der Waals surface area contributed by atoms with Crippen molar-refractivity contribution in [1.82, 2.24) is 4.90 Å². The topological polar surface area (TPSA) is 66.8 Å². The van der Waals surface area contributed by atoms with E-state index in [0.29, 0.717) is 6.54 Å². The van der Waals surface area contributed by atoms with Crippen LogP contribution in [0.4, 0.5) is 4.79 Å². The molecule has 0 bridgehead atoms. The average Bonchev–Trinajstić information content (AvgIpc) is 2.47. The molecule has 0 aromatic heterocycles. The molecule has 1 aliphatic heterocycles. The normalized spacial score (nSPS) is 20.9. The van der Waals surface area contributed by atoms with Gasteiger partial charge in [0, 0.05) is 12.6 Å². The lowest BCUT2D eigenvalue weighted by Gasteiger charge is -2.27. The van der Waals surface area contributed by atoms with E-state index in [-0.39, 0.29) is 12.5 Å². The van der Waals surface area contributed by atoms with Gasteiger partial charge in [0.05, 0.1) is 6.42 Å². The molecule has 92 valence electrons. The van der Waals surface area contributed by atoms with E-state index < -0.39 is 17.7 Å². The van der Waals surface area contributed by atoms with Crippen LogP contribution >= 0.6 is 0 Å². The molecule has 1 heterocycles. The van der Waals surface area contributed by atoms with Crippen molar-refractivity contribution in [3.63, 3.8) is 0 Å². The summed E-state index contributed by atoms with van der Waals surface area (Å²) in [7, 11) is 0. The van der Waals surface area contributed by atoms with Crippen molar-refractivity contribution in [2.75, 3.05) is 6.54 Å². The molecule has 5 heteroatoms. The van der Waals surface area contributed by atoms with Crippen LogP contribution in [0.25, 0.3) is 0 Å². The summed E-state index contributed by atoms with van der Waals surface area (Å²) >= 11 is 0. The van der Waals surface area contributed by atoms with Gasteiger partial charge in [0.1, 0.15) is 5.60 Å². The highest BCUT2D eigenvalue weighted by atomic mass is 16.6. The average molecular weight is 229 g/mol. The van der Waals surface area contributed by atoms with E-state index in [1.807, 2.05) is 0 Å². The Balaban J connectivity index is 2.57. The molecule has 0 unspecified atom stereocenters. The first kappa shape index (κ1) is 12.8. The molecule has 0 radical (unpaired) electrons. The van der Waals surface area contributed by atoms with E-state index in [9.17, 15) is 9.59 Å². The minimum absolute atomic E-state index is 0.000751. The zero-order chi connectivity index (χ0) is 12.3. The van der Waals surface area contributed by atoms with Crippen molar-refractivity contribution in [3.8, 4) is 0 Å². The molecule has 1 saturated heterocycles. The van der Waals surface area contributed by atoms with E-state index in [1.54, 1.807) is 20.8 Å². The Kier molecular flexibility index (Phi) is 3.78. The number of carboxylic acid groups (broad SMARTS) is 1. The second kappa shape index (κ2) is 4.72. The maximum Gasteiger partial charge on any atom is 0.410 e. The van der Waals surface area contributed by atoms with Crippen molar-refractivity contribution >= 4 is 12.1 Å². The number of carbonyl (C=O) groups excluding carboxylic acids is 1. The number of hydrogen-bond donors (Lipinski definition) is 1. The highest BCUT2D eigenvalue weighted by molar-refractivity contribution is 5.72. The lowest BCUT2D eigenvalue weighted by molar-refractivity contribution is -0.138. The first-order valence-electron chi connectivity index (χ1n) is 5.51. The molecule has 0 aromatic carbocycles. The minimum Gasteiger partial charge on any atom is -0.481 e. The zero-order valence-corrected chi connectivity index (χ0v) is 10.0. The first-order valence-corrected chi connectivity index (χ1v) is 5.51. The Hall–Kier alpha value is -1.26. The van der Waals surface area contributed by atoms with Gasteiger partial charge in [-0.1, -0.05) is 0 Å². The highest BCUT2D eigenvalue weighted by Gasteiger charge is 2.33. The lowest BCUT2D eigenvalue weighted by atomic mass is 10.1. The van der Waals surface area contributed by atoms with E-state index in [1.165, 1.54) is 4.90 Å². The van der Waals surface area contributed by atoms with Crippen LogP contribution in [-0.2, 0) is 9.53 Å². The Morgan fingerprint density at radius 2 is 2.06 bits per heavy atom. The van der Waals surface area contributed by atoms with Gasteiger partial charge in [0.2, 0.25) is 0 Å². The summed E-state index contributed by atoms with van der Waals surface area (Å²) in [5, 5.41) is 8.73. The molecule has 1 amide bonds. The number of hydrogen-bond acceptors (Lipinski definition) is 3. The predicted octanol–water partition coefficient (Wildman–Crippen LogP) is 1.86. The van der Waals surface area contributed by atoms with Crippen LogP contribution in [0.2, 0.25) is 0 Å². The fourth-order valence-electron chi connectivity index (χ4n) is 1.81. The monoisotopic (exact) mass is 229 g/mol. The SMILES string of the molecule is CC(C)(C)OC(=O)N1CCC[C@@H]1CC(=O)O. The van der Waals surface area contributed by atoms with E-state index >= 15 is 0 Å². The Bertz CT molecular complexity index is 282. The second-order valence-electron chi connectivity index (χ2n) is 5.07. The Morgan fingerprint density at radius 1 is 1.44 bits per heavy atom. The number of likely N-dealkylation sites (tertiary alicyclic amines) is 1. The van der Waals surface area contributed by atoms with Gasteiger partial charge in [-0.3, -0.25) is 4.79 Å². The van der Waals surface area contributed by atoms with Gasteiger partial charge in [-0.05, 0) is 33.6 Å². The summed E-state index contributed by atoms with van der Waals surface area (Å²) in [6, 6.07) is -0.215. The zero-order valence-electron chi connectivity index (χ0n) is 10.0. The van der Waals surface area contributed by atoms with Gasteiger partial charge < -0.3 is 14.7 Å². The van der Waals surface area contributed by atoms with Gasteiger partial charge >= 0.3 is 12.1 Å². The number of aliphatic carboxylic acids is 1. The summed E-state index contributed by atoms with van der Waals surface area (Å²) in [5.41, 5.74) is -0.534. The van der Waals surface area contributed by atoms with E-state index in [4.69, 9.17) is 9.84 Å². The van der Waals surface area contributed by atoms with Crippen LogP contribution in [-0.4, -0.2) is 40.3 Å². The Morgan fingerprint density at radius 3 is 2.56 bits per heavy atom. The highest BCUT2D eigenvalue weighted by Crippen LogP contribution is 2.22. The maximum atomic E-state index is 11.8.